The first-order valence-electron chi connectivity index (χ1n) is 11.7. The van der Waals surface area contributed by atoms with Gasteiger partial charge in [-0.2, -0.15) is 8.78 Å². The van der Waals surface area contributed by atoms with Gasteiger partial charge < -0.3 is 19.1 Å². The van der Waals surface area contributed by atoms with Crippen molar-refractivity contribution in [2.75, 3.05) is 32.7 Å². The van der Waals surface area contributed by atoms with Gasteiger partial charge in [-0.25, -0.2) is 9.79 Å². The highest BCUT2D eigenvalue weighted by Crippen LogP contribution is 2.32. The summed E-state index contributed by atoms with van der Waals surface area (Å²) in [6, 6.07) is 11.3. The first-order valence-corrected chi connectivity index (χ1v) is 12.6. The van der Waals surface area contributed by atoms with E-state index in [9.17, 15) is 18.4 Å². The highest BCUT2D eigenvalue weighted by atomic mass is 32.1. The summed E-state index contributed by atoms with van der Waals surface area (Å²) in [6.45, 7) is 0.619. The number of thiazole rings is 1. The molecule has 1 aromatic heterocycles. The van der Waals surface area contributed by atoms with E-state index < -0.39 is 18.6 Å². The first kappa shape index (κ1) is 27.1. The Kier molecular flexibility index (Phi) is 7.96. The minimum absolute atomic E-state index is 0.103. The highest BCUT2D eigenvalue weighted by molar-refractivity contribution is 7.07. The zero-order valence-electron chi connectivity index (χ0n) is 21.5. The van der Waals surface area contributed by atoms with Gasteiger partial charge in [0.25, 0.3) is 5.56 Å². The second-order valence-corrected chi connectivity index (χ2v) is 9.59. The Labute approximate surface area is 221 Å². The molecule has 3 aromatic rings. The van der Waals surface area contributed by atoms with E-state index in [0.29, 0.717) is 26.2 Å². The fourth-order valence-electron chi connectivity index (χ4n) is 4.18. The van der Waals surface area contributed by atoms with Gasteiger partial charge in [-0.15, -0.1) is 0 Å². The Morgan fingerprint density at radius 1 is 1.18 bits per heavy atom. The van der Waals surface area contributed by atoms with Crippen LogP contribution in [0.25, 0.3) is 6.08 Å². The van der Waals surface area contributed by atoms with Crippen molar-refractivity contribution < 1.29 is 27.8 Å². The number of esters is 1. The van der Waals surface area contributed by atoms with Gasteiger partial charge in [0, 0.05) is 19.8 Å². The second kappa shape index (κ2) is 11.2. The average Bonchev–Trinajstić information content (AvgIpc) is 3.18. The lowest BCUT2D eigenvalue weighted by atomic mass is 9.95. The van der Waals surface area contributed by atoms with Gasteiger partial charge in [-0.1, -0.05) is 29.5 Å². The number of carbonyl (C=O) groups excluding carboxylic acids is 1. The number of fused-ring (bicyclic) bond motifs is 1. The number of alkyl halides is 2. The number of hydrogen-bond donors (Lipinski definition) is 0. The number of benzene rings is 2. The maximum absolute atomic E-state index is 13.7. The molecule has 0 N–H and O–H groups in total. The van der Waals surface area contributed by atoms with E-state index in [1.165, 1.54) is 23.8 Å². The number of ether oxygens (including phenoxy) is 3. The van der Waals surface area contributed by atoms with Crippen molar-refractivity contribution >= 4 is 29.1 Å². The fraction of sp³-hybridized carbons (Fsp3) is 0.296. The number of halogens is 2. The predicted octanol–water partition coefficient (Wildman–Crippen LogP) is 3.47. The summed E-state index contributed by atoms with van der Waals surface area (Å²) in [5.74, 6) is -0.549. The maximum atomic E-state index is 13.7. The van der Waals surface area contributed by atoms with Crippen LogP contribution in [-0.4, -0.2) is 45.0 Å². The first-order chi connectivity index (χ1) is 18.1. The van der Waals surface area contributed by atoms with Crippen LogP contribution in [0, 0.1) is 0 Å². The van der Waals surface area contributed by atoms with Gasteiger partial charge in [0.1, 0.15) is 0 Å². The molecule has 0 aliphatic carbocycles. The van der Waals surface area contributed by atoms with Crippen molar-refractivity contribution in [3.8, 4) is 11.5 Å². The molecule has 1 aliphatic rings. The number of hydrogen-bond acceptors (Lipinski definition) is 8. The molecule has 1 atom stereocenters. The molecular weight excluding hydrogens is 516 g/mol. The Morgan fingerprint density at radius 3 is 2.50 bits per heavy atom. The average molecular weight is 544 g/mol. The fourth-order valence-corrected chi connectivity index (χ4v) is 5.23. The van der Waals surface area contributed by atoms with Crippen LogP contribution < -0.4 is 29.3 Å². The van der Waals surface area contributed by atoms with Gasteiger partial charge in [0.2, 0.25) is 0 Å². The molecule has 0 spiro atoms. The summed E-state index contributed by atoms with van der Waals surface area (Å²) in [5.41, 5.74) is 2.65. The summed E-state index contributed by atoms with van der Waals surface area (Å²) < 4.78 is 42.2. The van der Waals surface area contributed by atoms with E-state index >= 15 is 0 Å². The topological polar surface area (TPSA) is 82.4 Å². The Bertz CT molecular complexity index is 1560. The summed E-state index contributed by atoms with van der Waals surface area (Å²) in [4.78, 5) is 33.7. The summed E-state index contributed by atoms with van der Waals surface area (Å²) >= 11 is 1.16. The lowest BCUT2D eigenvalue weighted by molar-refractivity contribution is -0.139. The molecule has 200 valence electrons. The number of allylic oxidation sites excluding steroid dienone is 1. The Morgan fingerprint density at radius 2 is 1.89 bits per heavy atom. The molecule has 1 unspecified atom stereocenters. The predicted molar refractivity (Wildman–Crippen MR) is 141 cm³/mol. The summed E-state index contributed by atoms with van der Waals surface area (Å²) in [5, 5.41) is 0. The van der Waals surface area contributed by atoms with Crippen LogP contribution in [0.2, 0.25) is 0 Å². The molecule has 11 heteroatoms. The van der Waals surface area contributed by atoms with Crippen molar-refractivity contribution in [3.63, 3.8) is 0 Å². The van der Waals surface area contributed by atoms with Gasteiger partial charge in [-0.05, 0) is 55.3 Å². The lowest BCUT2D eigenvalue weighted by Gasteiger charge is -2.25. The van der Waals surface area contributed by atoms with E-state index in [4.69, 9.17) is 9.47 Å². The van der Waals surface area contributed by atoms with Crippen LogP contribution in [0.1, 0.15) is 31.0 Å². The number of nitrogens with zero attached hydrogens (tertiary/aromatic N) is 3. The molecule has 2 aromatic carbocycles. The molecular formula is C27H27F2N3O5S. The summed E-state index contributed by atoms with van der Waals surface area (Å²) in [6.07, 6.45) is 1.62. The van der Waals surface area contributed by atoms with Gasteiger partial charge >= 0.3 is 12.6 Å². The minimum Gasteiger partial charge on any atom is -0.493 e. The molecule has 8 nitrogen and oxygen atoms in total. The Hall–Kier alpha value is -3.99. The normalized spacial score (nSPS) is 15.3. The smallest absolute Gasteiger partial charge is 0.387 e. The van der Waals surface area contributed by atoms with E-state index in [2.05, 4.69) is 9.73 Å². The molecule has 0 fully saturated rings. The number of carbonyl (C=O) groups is 1. The zero-order chi connectivity index (χ0) is 27.6. The zero-order valence-corrected chi connectivity index (χ0v) is 22.3. The molecule has 2 heterocycles. The number of anilines is 1. The standard InChI is InChI=1S/C27H27F2N3O5S/c1-6-36-25(34)22-15(2)30-27-32(23(22)17-8-10-18(11-9-17)31(3)4)24(33)21(38-27)14-16-7-12-19(37-26(28)29)20(13-16)35-5/h7-14,23,26H,6H2,1-5H3/b21-14+. The van der Waals surface area contributed by atoms with E-state index in [1.54, 1.807) is 26.0 Å². The second-order valence-electron chi connectivity index (χ2n) is 8.58. The third-order valence-electron chi connectivity index (χ3n) is 5.94. The quantitative estimate of drug-likeness (QED) is 0.405. The molecule has 4 rings (SSSR count). The van der Waals surface area contributed by atoms with Gasteiger partial charge in [-0.3, -0.25) is 9.36 Å². The third-order valence-corrected chi connectivity index (χ3v) is 6.93. The monoisotopic (exact) mass is 543 g/mol. The minimum atomic E-state index is -3.00. The third kappa shape index (κ3) is 5.33. The van der Waals surface area contributed by atoms with Gasteiger partial charge in [0.05, 0.1) is 35.6 Å². The van der Waals surface area contributed by atoms with Crippen molar-refractivity contribution in [1.29, 1.82) is 0 Å². The SMILES string of the molecule is CCOC(=O)C1=C(C)N=c2s/c(=C/c3ccc(OC(F)F)c(OC)c3)c(=O)n2C1c1ccc(N(C)C)cc1. The van der Waals surface area contributed by atoms with Crippen LogP contribution >= 0.6 is 11.3 Å². The summed E-state index contributed by atoms with van der Waals surface area (Å²) in [7, 11) is 5.19. The highest BCUT2D eigenvalue weighted by Gasteiger charge is 2.33. The van der Waals surface area contributed by atoms with Crippen molar-refractivity contribution in [2.45, 2.75) is 26.5 Å². The molecule has 1 aliphatic heterocycles. The molecule has 0 amide bonds. The molecule has 0 radical (unpaired) electrons. The largest absolute Gasteiger partial charge is 0.493 e. The molecule has 0 saturated carbocycles. The maximum Gasteiger partial charge on any atom is 0.387 e. The molecule has 0 bridgehead atoms. The van der Waals surface area contributed by atoms with Crippen LogP contribution in [0.5, 0.6) is 11.5 Å². The van der Waals surface area contributed by atoms with Crippen molar-refractivity contribution in [3.05, 3.63) is 84.5 Å². The van der Waals surface area contributed by atoms with E-state index in [1.807, 2.05) is 43.3 Å². The molecule has 38 heavy (non-hydrogen) atoms. The van der Waals surface area contributed by atoms with Crippen LogP contribution in [-0.2, 0) is 9.53 Å². The van der Waals surface area contributed by atoms with Crippen molar-refractivity contribution in [1.82, 2.24) is 4.57 Å². The van der Waals surface area contributed by atoms with E-state index in [0.717, 1.165) is 22.6 Å². The Balaban J connectivity index is 1.87. The van der Waals surface area contributed by atoms with Crippen LogP contribution in [0.15, 0.2) is 63.5 Å². The number of rotatable bonds is 8. The number of aromatic nitrogens is 1. The lowest BCUT2D eigenvalue weighted by Crippen LogP contribution is -2.39. The molecule has 0 saturated heterocycles. The van der Waals surface area contributed by atoms with Gasteiger partial charge in [0.15, 0.2) is 16.3 Å². The van der Waals surface area contributed by atoms with Crippen molar-refractivity contribution in [2.24, 2.45) is 4.99 Å². The van der Waals surface area contributed by atoms with Crippen LogP contribution in [0.4, 0.5) is 14.5 Å². The number of methoxy groups -OCH3 is 1. The van der Waals surface area contributed by atoms with Crippen LogP contribution in [0.3, 0.4) is 0 Å². The van der Waals surface area contributed by atoms with E-state index in [-0.39, 0.29) is 23.7 Å².